The van der Waals surface area contributed by atoms with E-state index in [2.05, 4.69) is 4.74 Å². The molecule has 0 fully saturated rings. The standard InChI is InChI=1S/C14H15NO6/c15-9-3-1-8(2-4-9)7-11(16)20-6-5-10-12(17)13(18)14(19)21-10/h1-4,10,17-18H,5-7,15H2. The Morgan fingerprint density at radius 2 is 1.95 bits per heavy atom. The first-order chi connectivity index (χ1) is 9.97. The Kier molecular flexibility index (Phi) is 4.32. The second-order valence-electron chi connectivity index (χ2n) is 4.56. The number of esters is 2. The van der Waals surface area contributed by atoms with E-state index in [-0.39, 0.29) is 19.4 Å². The van der Waals surface area contributed by atoms with E-state index in [1.54, 1.807) is 24.3 Å². The van der Waals surface area contributed by atoms with Gasteiger partial charge in [0.1, 0.15) is 0 Å². The highest BCUT2D eigenvalue weighted by Crippen LogP contribution is 2.21. The number of hydrogen-bond acceptors (Lipinski definition) is 7. The Morgan fingerprint density at radius 1 is 1.29 bits per heavy atom. The molecule has 4 N–H and O–H groups in total. The van der Waals surface area contributed by atoms with Crippen molar-refractivity contribution in [3.63, 3.8) is 0 Å². The van der Waals surface area contributed by atoms with E-state index in [1.165, 1.54) is 0 Å². The number of ether oxygens (including phenoxy) is 2. The van der Waals surface area contributed by atoms with E-state index in [0.29, 0.717) is 5.69 Å². The van der Waals surface area contributed by atoms with E-state index in [9.17, 15) is 14.7 Å². The molecule has 2 rings (SSSR count). The number of hydrogen-bond donors (Lipinski definition) is 3. The summed E-state index contributed by atoms with van der Waals surface area (Å²) in [6.07, 6.45) is -0.797. The van der Waals surface area contributed by atoms with Crippen molar-refractivity contribution < 1.29 is 29.3 Å². The summed E-state index contributed by atoms with van der Waals surface area (Å²) in [5.74, 6) is -2.76. The number of benzene rings is 1. The molecular formula is C14H15NO6. The summed E-state index contributed by atoms with van der Waals surface area (Å²) in [6, 6.07) is 6.82. The van der Waals surface area contributed by atoms with Gasteiger partial charge in [-0.05, 0) is 17.7 Å². The molecular weight excluding hydrogens is 278 g/mol. The molecule has 1 aliphatic heterocycles. The number of nitrogen functional groups attached to an aromatic ring is 1. The number of carbonyl (C=O) groups is 2. The van der Waals surface area contributed by atoms with Crippen molar-refractivity contribution in [3.8, 4) is 0 Å². The van der Waals surface area contributed by atoms with Crippen LogP contribution in [0.2, 0.25) is 0 Å². The van der Waals surface area contributed by atoms with Gasteiger partial charge in [-0.3, -0.25) is 4.79 Å². The first kappa shape index (κ1) is 14.7. The number of aliphatic hydroxyl groups excluding tert-OH is 2. The normalized spacial score (nSPS) is 17.7. The summed E-state index contributed by atoms with van der Waals surface area (Å²) < 4.78 is 9.66. The van der Waals surface area contributed by atoms with Gasteiger partial charge in [-0.25, -0.2) is 4.79 Å². The van der Waals surface area contributed by atoms with Crippen LogP contribution in [0.5, 0.6) is 0 Å². The lowest BCUT2D eigenvalue weighted by Gasteiger charge is -2.10. The van der Waals surface area contributed by atoms with Crippen LogP contribution in [0.4, 0.5) is 5.69 Å². The molecule has 0 aromatic heterocycles. The summed E-state index contributed by atoms with van der Waals surface area (Å²) in [5, 5.41) is 18.5. The van der Waals surface area contributed by atoms with E-state index >= 15 is 0 Å². The highest BCUT2D eigenvalue weighted by Gasteiger charge is 2.34. The first-order valence-electron chi connectivity index (χ1n) is 6.30. The summed E-state index contributed by atoms with van der Waals surface area (Å²) in [7, 11) is 0. The van der Waals surface area contributed by atoms with Crippen LogP contribution in [-0.4, -0.2) is 34.9 Å². The van der Waals surface area contributed by atoms with E-state index in [1.807, 2.05) is 0 Å². The molecule has 7 nitrogen and oxygen atoms in total. The van der Waals surface area contributed by atoms with Gasteiger partial charge in [0.25, 0.3) is 0 Å². The van der Waals surface area contributed by atoms with Gasteiger partial charge in [0.15, 0.2) is 11.9 Å². The maximum atomic E-state index is 11.6. The van der Waals surface area contributed by atoms with Gasteiger partial charge >= 0.3 is 11.9 Å². The largest absolute Gasteiger partial charge is 0.505 e. The average molecular weight is 293 g/mol. The van der Waals surface area contributed by atoms with E-state index in [4.69, 9.17) is 15.6 Å². The molecule has 1 unspecified atom stereocenters. The van der Waals surface area contributed by atoms with Gasteiger partial charge in [0, 0.05) is 12.1 Å². The van der Waals surface area contributed by atoms with E-state index in [0.717, 1.165) is 5.56 Å². The molecule has 0 bridgehead atoms. The second-order valence-corrected chi connectivity index (χ2v) is 4.56. The lowest BCUT2D eigenvalue weighted by Crippen LogP contribution is -2.17. The van der Waals surface area contributed by atoms with Gasteiger partial charge in [0.05, 0.1) is 13.0 Å². The zero-order chi connectivity index (χ0) is 15.4. The predicted octanol–water partition coefficient (Wildman–Crippen LogP) is 0.998. The zero-order valence-electron chi connectivity index (χ0n) is 11.1. The van der Waals surface area contributed by atoms with Gasteiger partial charge < -0.3 is 25.4 Å². The molecule has 0 amide bonds. The fourth-order valence-corrected chi connectivity index (χ4v) is 1.83. The van der Waals surface area contributed by atoms with Crippen LogP contribution >= 0.6 is 0 Å². The summed E-state index contributed by atoms with van der Waals surface area (Å²) in [4.78, 5) is 22.5. The Balaban J connectivity index is 1.75. The molecule has 1 atom stereocenters. The zero-order valence-corrected chi connectivity index (χ0v) is 11.1. The smallest absolute Gasteiger partial charge is 0.377 e. The fraction of sp³-hybridized carbons (Fsp3) is 0.286. The second kappa shape index (κ2) is 6.17. The molecule has 1 aliphatic rings. The molecule has 1 aromatic rings. The molecule has 1 aromatic carbocycles. The number of carbonyl (C=O) groups excluding carboxylic acids is 2. The Labute approximate surface area is 120 Å². The molecule has 7 heteroatoms. The summed E-state index contributed by atoms with van der Waals surface area (Å²) in [5.41, 5.74) is 6.91. The van der Waals surface area contributed by atoms with Gasteiger partial charge in [-0.1, -0.05) is 12.1 Å². The molecule has 0 saturated heterocycles. The molecule has 0 saturated carbocycles. The van der Waals surface area contributed by atoms with Crippen LogP contribution in [0.1, 0.15) is 12.0 Å². The number of aliphatic hydroxyl groups is 2. The third-order valence-corrected chi connectivity index (χ3v) is 2.96. The minimum absolute atomic E-state index is 0.0386. The third kappa shape index (κ3) is 3.65. The van der Waals surface area contributed by atoms with Crippen LogP contribution < -0.4 is 5.73 Å². The number of rotatable bonds is 5. The SMILES string of the molecule is Nc1ccc(CC(=O)OCCC2OC(=O)C(O)=C2O)cc1. The molecule has 0 aliphatic carbocycles. The number of cyclic esters (lactones) is 1. The molecule has 21 heavy (non-hydrogen) atoms. The lowest BCUT2D eigenvalue weighted by molar-refractivity contribution is -0.145. The highest BCUT2D eigenvalue weighted by molar-refractivity contribution is 5.89. The van der Waals surface area contributed by atoms with Crippen LogP contribution in [0.3, 0.4) is 0 Å². The molecule has 0 radical (unpaired) electrons. The van der Waals surface area contributed by atoms with Crippen molar-refractivity contribution in [2.24, 2.45) is 0 Å². The maximum absolute atomic E-state index is 11.6. The molecule has 112 valence electrons. The maximum Gasteiger partial charge on any atom is 0.377 e. The first-order valence-corrected chi connectivity index (χ1v) is 6.30. The van der Waals surface area contributed by atoms with Crippen molar-refractivity contribution in [1.82, 2.24) is 0 Å². The summed E-state index contributed by atoms with van der Waals surface area (Å²) in [6.45, 7) is -0.0386. The van der Waals surface area contributed by atoms with Crippen LogP contribution in [0.25, 0.3) is 0 Å². The molecule has 1 heterocycles. The van der Waals surface area contributed by atoms with E-state index < -0.39 is 29.6 Å². The lowest BCUT2D eigenvalue weighted by atomic mass is 10.1. The number of anilines is 1. The Bertz CT molecular complexity index is 578. The highest BCUT2D eigenvalue weighted by atomic mass is 16.6. The average Bonchev–Trinajstić information content (AvgIpc) is 2.69. The van der Waals surface area contributed by atoms with Gasteiger partial charge in [-0.15, -0.1) is 0 Å². The Hall–Kier alpha value is -2.70. The van der Waals surface area contributed by atoms with Crippen molar-refractivity contribution in [3.05, 3.63) is 41.3 Å². The minimum atomic E-state index is -0.981. The van der Waals surface area contributed by atoms with Crippen LogP contribution in [0, 0.1) is 0 Å². The molecule has 0 spiro atoms. The predicted molar refractivity (Wildman–Crippen MR) is 72.3 cm³/mol. The monoisotopic (exact) mass is 293 g/mol. The topological polar surface area (TPSA) is 119 Å². The minimum Gasteiger partial charge on any atom is -0.505 e. The van der Waals surface area contributed by atoms with Crippen molar-refractivity contribution in [2.45, 2.75) is 18.9 Å². The number of nitrogens with two attached hydrogens (primary N) is 1. The van der Waals surface area contributed by atoms with Crippen LogP contribution in [0.15, 0.2) is 35.8 Å². The van der Waals surface area contributed by atoms with Crippen molar-refractivity contribution >= 4 is 17.6 Å². The van der Waals surface area contributed by atoms with Gasteiger partial charge in [-0.2, -0.15) is 0 Å². The van der Waals surface area contributed by atoms with Gasteiger partial charge in [0.2, 0.25) is 5.76 Å². The Morgan fingerprint density at radius 3 is 2.52 bits per heavy atom. The summed E-state index contributed by atoms with van der Waals surface area (Å²) >= 11 is 0. The fourth-order valence-electron chi connectivity index (χ4n) is 1.83. The third-order valence-electron chi connectivity index (χ3n) is 2.96. The quantitative estimate of drug-likeness (QED) is 0.547. The van der Waals surface area contributed by atoms with Crippen molar-refractivity contribution in [2.75, 3.05) is 12.3 Å². The van der Waals surface area contributed by atoms with Crippen molar-refractivity contribution in [1.29, 1.82) is 0 Å². The van der Waals surface area contributed by atoms with Crippen LogP contribution in [-0.2, 0) is 25.5 Å².